The second kappa shape index (κ2) is 8.77. The molecule has 0 unspecified atom stereocenters. The smallest absolute Gasteiger partial charge is 0.271 e. The average molecular weight is 394 g/mol. The molecule has 29 heavy (non-hydrogen) atoms. The molecule has 0 spiro atoms. The lowest BCUT2D eigenvalue weighted by Crippen LogP contribution is -2.19. The van der Waals surface area contributed by atoms with Crippen LogP contribution in [-0.2, 0) is 13.0 Å². The second-order valence-corrected chi connectivity index (χ2v) is 6.76. The van der Waals surface area contributed by atoms with E-state index < -0.39 is 0 Å². The number of aromatic nitrogens is 2. The first kappa shape index (κ1) is 20.4. The Morgan fingerprint density at radius 1 is 1.14 bits per heavy atom. The van der Waals surface area contributed by atoms with Gasteiger partial charge in [0, 0.05) is 24.2 Å². The summed E-state index contributed by atoms with van der Waals surface area (Å²) in [4.78, 5) is 17.0. The second-order valence-electron chi connectivity index (χ2n) is 6.76. The van der Waals surface area contributed by atoms with Gasteiger partial charge in [0.15, 0.2) is 11.5 Å². The van der Waals surface area contributed by atoms with Gasteiger partial charge in [-0.15, -0.1) is 0 Å². The molecule has 0 aliphatic rings. The predicted octanol–water partition coefficient (Wildman–Crippen LogP) is 3.73. The maximum atomic E-state index is 12.5. The number of nitrogens with one attached hydrogen (secondary N) is 1. The van der Waals surface area contributed by atoms with Gasteiger partial charge in [0.2, 0.25) is 0 Å². The Morgan fingerprint density at radius 3 is 2.59 bits per heavy atom. The number of methoxy groups -OCH3 is 2. The van der Waals surface area contributed by atoms with Gasteiger partial charge in [-0.3, -0.25) is 4.79 Å². The summed E-state index contributed by atoms with van der Waals surface area (Å²) in [7, 11) is 3.20. The number of fused-ring (bicyclic) bond motifs is 1. The maximum absolute atomic E-state index is 12.5. The van der Waals surface area contributed by atoms with Crippen molar-refractivity contribution in [1.82, 2.24) is 15.0 Å². The largest absolute Gasteiger partial charge is 0.493 e. The molecule has 0 aliphatic heterocycles. The lowest BCUT2D eigenvalue weighted by molar-refractivity contribution is 0.0955. The fraction of sp³-hybridized carbons (Fsp3) is 0.318. The van der Waals surface area contributed by atoms with Crippen molar-refractivity contribution in [1.29, 1.82) is 0 Å². The van der Waals surface area contributed by atoms with Crippen molar-refractivity contribution >= 4 is 22.7 Å². The molecular weight excluding hydrogens is 368 g/mol. The van der Waals surface area contributed by atoms with Crippen LogP contribution in [-0.4, -0.2) is 35.4 Å². The van der Waals surface area contributed by atoms with Crippen LogP contribution < -0.4 is 14.9 Å². The average Bonchev–Trinajstić information content (AvgIpc) is 3.05. The number of benzene rings is 2. The molecule has 1 N–H and O–H groups in total. The summed E-state index contributed by atoms with van der Waals surface area (Å²) in [5.74, 6) is 2.01. The standard InChI is InChI=1S/C22H26N4O3/c1-6-26-15(3)23-18-13-17(8-9-19(18)26)22(27)25-24-14(2)11-16-7-10-20(28-4)21(12-16)29-5/h7-10,12-13H,6,11H2,1-5H3,(H,25,27)/b24-14-. The number of ether oxygens (including phenoxy) is 2. The van der Waals surface area contributed by atoms with Crippen LogP contribution in [0, 0.1) is 6.92 Å². The van der Waals surface area contributed by atoms with Crippen LogP contribution in [0.5, 0.6) is 11.5 Å². The molecule has 1 amide bonds. The molecule has 7 heteroatoms. The molecule has 0 saturated heterocycles. The van der Waals surface area contributed by atoms with E-state index in [4.69, 9.17) is 9.47 Å². The molecule has 0 aliphatic carbocycles. The van der Waals surface area contributed by atoms with Crippen LogP contribution in [0.15, 0.2) is 41.5 Å². The lowest BCUT2D eigenvalue weighted by Gasteiger charge is -2.09. The molecule has 0 bridgehead atoms. The molecule has 0 radical (unpaired) electrons. The van der Waals surface area contributed by atoms with Gasteiger partial charge in [-0.05, 0) is 56.7 Å². The number of nitrogens with zero attached hydrogens (tertiary/aromatic N) is 3. The van der Waals surface area contributed by atoms with Gasteiger partial charge in [-0.25, -0.2) is 10.4 Å². The molecular formula is C22H26N4O3. The summed E-state index contributed by atoms with van der Waals surface area (Å²) >= 11 is 0. The van der Waals surface area contributed by atoms with Crippen molar-refractivity contribution in [2.75, 3.05) is 14.2 Å². The highest BCUT2D eigenvalue weighted by Gasteiger charge is 2.11. The summed E-state index contributed by atoms with van der Waals surface area (Å²) in [6, 6.07) is 11.2. The van der Waals surface area contributed by atoms with Crippen LogP contribution in [0.3, 0.4) is 0 Å². The van der Waals surface area contributed by atoms with Gasteiger partial charge in [0.05, 0.1) is 25.3 Å². The first-order valence-corrected chi connectivity index (χ1v) is 9.48. The normalized spacial score (nSPS) is 11.6. The number of rotatable bonds is 7. The van der Waals surface area contributed by atoms with Gasteiger partial charge in [0.25, 0.3) is 5.91 Å². The van der Waals surface area contributed by atoms with E-state index in [0.29, 0.717) is 23.5 Å². The number of hydrogen-bond donors (Lipinski definition) is 1. The molecule has 3 aromatic rings. The number of carbonyl (C=O) groups excluding carboxylic acids is 1. The van der Waals surface area contributed by atoms with Gasteiger partial charge in [-0.1, -0.05) is 6.07 Å². The third kappa shape index (κ3) is 4.39. The summed E-state index contributed by atoms with van der Waals surface area (Å²) < 4.78 is 12.7. The number of hydrazone groups is 1. The number of aryl methyl sites for hydroxylation is 2. The molecule has 152 valence electrons. The van der Waals surface area contributed by atoms with Gasteiger partial charge in [0.1, 0.15) is 5.82 Å². The summed E-state index contributed by atoms with van der Waals surface area (Å²) in [6.07, 6.45) is 0.583. The number of imidazole rings is 1. The molecule has 0 saturated carbocycles. The van der Waals surface area contributed by atoms with Crippen LogP contribution in [0.2, 0.25) is 0 Å². The van der Waals surface area contributed by atoms with Gasteiger partial charge < -0.3 is 14.0 Å². The summed E-state index contributed by atoms with van der Waals surface area (Å²) in [6.45, 7) is 6.75. The monoisotopic (exact) mass is 394 g/mol. The van der Waals surface area contributed by atoms with E-state index in [1.807, 2.05) is 38.1 Å². The minimum Gasteiger partial charge on any atom is -0.493 e. The van der Waals surface area contributed by atoms with E-state index in [1.165, 1.54) is 0 Å². The van der Waals surface area contributed by atoms with Crippen LogP contribution in [0.4, 0.5) is 0 Å². The Bertz CT molecular complexity index is 1070. The van der Waals surface area contributed by atoms with Gasteiger partial charge >= 0.3 is 0 Å². The zero-order chi connectivity index (χ0) is 21.0. The fourth-order valence-corrected chi connectivity index (χ4v) is 3.33. The Hall–Kier alpha value is -3.35. The third-order valence-corrected chi connectivity index (χ3v) is 4.77. The van der Waals surface area contributed by atoms with E-state index in [2.05, 4.69) is 27.0 Å². The first-order chi connectivity index (χ1) is 14.0. The number of carbonyl (C=O) groups is 1. The highest BCUT2D eigenvalue weighted by Crippen LogP contribution is 2.27. The van der Waals surface area contributed by atoms with Crippen molar-refractivity contribution in [2.24, 2.45) is 5.10 Å². The van der Waals surface area contributed by atoms with Crippen molar-refractivity contribution in [3.63, 3.8) is 0 Å². The van der Waals surface area contributed by atoms with Crippen molar-refractivity contribution < 1.29 is 14.3 Å². The molecule has 7 nitrogen and oxygen atoms in total. The summed E-state index contributed by atoms with van der Waals surface area (Å²) in [5, 5.41) is 4.23. The summed E-state index contributed by atoms with van der Waals surface area (Å²) in [5.41, 5.74) is 6.78. The van der Waals surface area contributed by atoms with Crippen LogP contribution in [0.1, 0.15) is 35.6 Å². The zero-order valence-corrected chi connectivity index (χ0v) is 17.4. The maximum Gasteiger partial charge on any atom is 0.271 e. The fourth-order valence-electron chi connectivity index (χ4n) is 3.33. The van der Waals surface area contributed by atoms with E-state index in [1.54, 1.807) is 26.4 Å². The zero-order valence-electron chi connectivity index (χ0n) is 17.4. The molecule has 1 heterocycles. The Kier molecular flexibility index (Phi) is 6.16. The Balaban J connectivity index is 1.70. The Labute approximate surface area is 170 Å². The van der Waals surface area contributed by atoms with E-state index in [0.717, 1.165) is 34.7 Å². The first-order valence-electron chi connectivity index (χ1n) is 9.48. The van der Waals surface area contributed by atoms with E-state index in [9.17, 15) is 4.79 Å². The quantitative estimate of drug-likeness (QED) is 0.489. The molecule has 1 aromatic heterocycles. The van der Waals surface area contributed by atoms with Crippen molar-refractivity contribution in [2.45, 2.75) is 33.7 Å². The van der Waals surface area contributed by atoms with Crippen LogP contribution >= 0.6 is 0 Å². The molecule has 2 aromatic carbocycles. The van der Waals surface area contributed by atoms with Crippen molar-refractivity contribution in [3.8, 4) is 11.5 Å². The van der Waals surface area contributed by atoms with E-state index >= 15 is 0 Å². The number of hydrogen-bond acceptors (Lipinski definition) is 5. The molecule has 0 fully saturated rings. The Morgan fingerprint density at radius 2 is 1.90 bits per heavy atom. The van der Waals surface area contributed by atoms with Gasteiger partial charge in [-0.2, -0.15) is 5.10 Å². The topological polar surface area (TPSA) is 77.7 Å². The number of amides is 1. The highest BCUT2D eigenvalue weighted by molar-refractivity contribution is 5.98. The third-order valence-electron chi connectivity index (χ3n) is 4.77. The minimum atomic E-state index is -0.262. The lowest BCUT2D eigenvalue weighted by atomic mass is 10.1. The minimum absolute atomic E-state index is 0.262. The van der Waals surface area contributed by atoms with Crippen molar-refractivity contribution in [3.05, 3.63) is 53.3 Å². The highest BCUT2D eigenvalue weighted by atomic mass is 16.5. The molecule has 3 rings (SSSR count). The molecule has 0 atom stereocenters. The van der Waals surface area contributed by atoms with Crippen LogP contribution in [0.25, 0.3) is 11.0 Å². The van der Waals surface area contributed by atoms with E-state index in [-0.39, 0.29) is 5.91 Å². The predicted molar refractivity (Wildman–Crippen MR) is 114 cm³/mol. The SMILES string of the molecule is CCn1c(C)nc2cc(C(=O)N/N=C(/C)Cc3ccc(OC)c(OC)c3)ccc21.